The van der Waals surface area contributed by atoms with Gasteiger partial charge in [-0.05, 0) is 37.5 Å². The number of ketones is 1. The highest BCUT2D eigenvalue weighted by atomic mass is 16.1. The van der Waals surface area contributed by atoms with Crippen LogP contribution in [0.3, 0.4) is 0 Å². The monoisotopic (exact) mass is 189 g/mol. The molecule has 1 fully saturated rings. The molecule has 0 N–H and O–H groups in total. The van der Waals surface area contributed by atoms with Crippen molar-refractivity contribution in [2.45, 2.75) is 38.5 Å². The van der Waals surface area contributed by atoms with Crippen LogP contribution in [-0.4, -0.2) is 10.8 Å². The molecule has 2 heteroatoms. The van der Waals surface area contributed by atoms with Gasteiger partial charge in [-0.25, -0.2) is 0 Å². The second kappa shape index (κ2) is 3.91. The lowest BCUT2D eigenvalue weighted by molar-refractivity contribution is -0.121. The fourth-order valence-corrected chi connectivity index (χ4v) is 2.05. The van der Waals surface area contributed by atoms with E-state index in [9.17, 15) is 4.79 Å². The van der Waals surface area contributed by atoms with E-state index >= 15 is 0 Å². The van der Waals surface area contributed by atoms with Gasteiger partial charge in [0.1, 0.15) is 5.78 Å². The molecule has 0 bridgehead atoms. The Morgan fingerprint density at radius 2 is 2.29 bits per heavy atom. The first kappa shape index (κ1) is 9.38. The fourth-order valence-electron chi connectivity index (χ4n) is 2.05. The Bertz CT molecular complexity index is 346. The van der Waals surface area contributed by atoms with Crippen LogP contribution in [-0.2, 0) is 4.79 Å². The lowest BCUT2D eigenvalue weighted by Crippen LogP contribution is -2.18. The van der Waals surface area contributed by atoms with Crippen molar-refractivity contribution in [1.82, 2.24) is 4.98 Å². The maximum Gasteiger partial charge on any atom is 0.141 e. The summed E-state index contributed by atoms with van der Waals surface area (Å²) in [6.45, 7) is 2.04. The van der Waals surface area contributed by atoms with Gasteiger partial charge in [-0.3, -0.25) is 9.78 Å². The molecule has 1 atom stereocenters. The second-order valence-corrected chi connectivity index (χ2v) is 4.02. The Hall–Kier alpha value is -1.18. The van der Waals surface area contributed by atoms with Crippen LogP contribution in [0.4, 0.5) is 0 Å². The average molecular weight is 189 g/mol. The van der Waals surface area contributed by atoms with Crippen molar-refractivity contribution >= 4 is 5.78 Å². The Morgan fingerprint density at radius 3 is 3.00 bits per heavy atom. The molecule has 14 heavy (non-hydrogen) atoms. The van der Waals surface area contributed by atoms with Crippen LogP contribution in [0, 0.1) is 6.92 Å². The molecule has 0 aromatic carbocycles. The summed E-state index contributed by atoms with van der Waals surface area (Å²) in [6, 6.07) is 4.00. The first-order chi connectivity index (χ1) is 6.77. The molecule has 74 valence electrons. The number of rotatable bonds is 1. The summed E-state index contributed by atoms with van der Waals surface area (Å²) in [5.41, 5.74) is 2.16. The number of carbonyl (C=O) groups is 1. The number of aryl methyl sites for hydroxylation is 1. The fraction of sp³-hybridized carbons (Fsp3) is 0.500. The normalized spacial score (nSPS) is 22.4. The number of hydrogen-bond donors (Lipinski definition) is 0. The van der Waals surface area contributed by atoms with E-state index in [4.69, 9.17) is 0 Å². The second-order valence-electron chi connectivity index (χ2n) is 4.02. The Balaban J connectivity index is 2.24. The topological polar surface area (TPSA) is 30.0 Å². The molecule has 1 aromatic heterocycles. The summed E-state index contributed by atoms with van der Waals surface area (Å²) >= 11 is 0. The maximum absolute atomic E-state index is 11.7. The molecule has 0 spiro atoms. The van der Waals surface area contributed by atoms with Gasteiger partial charge in [-0.2, -0.15) is 0 Å². The predicted octanol–water partition coefficient (Wildman–Crippen LogP) is 2.62. The van der Waals surface area contributed by atoms with E-state index in [0.717, 1.165) is 31.4 Å². The molecule has 1 heterocycles. The van der Waals surface area contributed by atoms with Crippen LogP contribution < -0.4 is 0 Å². The van der Waals surface area contributed by atoms with Crippen LogP contribution in [0.2, 0.25) is 0 Å². The van der Waals surface area contributed by atoms with Gasteiger partial charge in [0.25, 0.3) is 0 Å². The smallest absolute Gasteiger partial charge is 0.141 e. The zero-order valence-electron chi connectivity index (χ0n) is 8.49. The van der Waals surface area contributed by atoms with Gasteiger partial charge in [0.05, 0.1) is 11.6 Å². The zero-order chi connectivity index (χ0) is 9.97. The lowest BCUT2D eigenvalue weighted by Gasteiger charge is -2.19. The number of aromatic nitrogens is 1. The number of Topliss-reactive ketones (excluding diaryl/α,β-unsaturated/α-hetero) is 1. The molecule has 1 aliphatic rings. The lowest BCUT2D eigenvalue weighted by atomic mass is 9.85. The first-order valence-corrected chi connectivity index (χ1v) is 5.22. The molecule has 1 aliphatic carbocycles. The predicted molar refractivity (Wildman–Crippen MR) is 55.2 cm³/mol. The summed E-state index contributed by atoms with van der Waals surface area (Å²) in [4.78, 5) is 16.0. The summed E-state index contributed by atoms with van der Waals surface area (Å²) in [5.74, 6) is 0.443. The molecule has 0 saturated heterocycles. The first-order valence-electron chi connectivity index (χ1n) is 5.22. The van der Waals surface area contributed by atoms with Crippen molar-refractivity contribution in [3.05, 3.63) is 29.6 Å². The quantitative estimate of drug-likeness (QED) is 0.679. The third-order valence-electron chi connectivity index (χ3n) is 2.85. The van der Waals surface area contributed by atoms with Crippen molar-refractivity contribution in [1.29, 1.82) is 0 Å². The van der Waals surface area contributed by atoms with E-state index in [1.165, 1.54) is 5.56 Å². The van der Waals surface area contributed by atoms with E-state index in [0.29, 0.717) is 5.78 Å². The molecule has 1 aromatic rings. The molecule has 2 nitrogen and oxygen atoms in total. The largest absolute Gasteiger partial charge is 0.299 e. The van der Waals surface area contributed by atoms with E-state index in [2.05, 4.69) is 4.98 Å². The standard InChI is InChI=1S/C12H15NO/c1-9-6-7-13-11(8-9)10-4-2-3-5-12(10)14/h6-8,10H,2-5H2,1H3/t10-/m0/s1. The van der Waals surface area contributed by atoms with Crippen molar-refractivity contribution in [3.63, 3.8) is 0 Å². The highest BCUT2D eigenvalue weighted by Gasteiger charge is 2.24. The van der Waals surface area contributed by atoms with E-state index < -0.39 is 0 Å². The molecule has 0 aliphatic heterocycles. The van der Waals surface area contributed by atoms with Gasteiger partial charge in [0.2, 0.25) is 0 Å². The van der Waals surface area contributed by atoms with Crippen molar-refractivity contribution < 1.29 is 4.79 Å². The molecule has 0 amide bonds. The van der Waals surface area contributed by atoms with Crippen molar-refractivity contribution in [2.75, 3.05) is 0 Å². The Morgan fingerprint density at radius 1 is 1.43 bits per heavy atom. The Labute approximate surface area is 84.4 Å². The summed E-state index contributed by atoms with van der Waals surface area (Å²) in [5, 5.41) is 0. The molecular weight excluding hydrogens is 174 g/mol. The summed E-state index contributed by atoms with van der Waals surface area (Å²) in [7, 11) is 0. The van der Waals surface area contributed by atoms with E-state index in [-0.39, 0.29) is 5.92 Å². The third kappa shape index (κ3) is 1.84. The van der Waals surface area contributed by atoms with Gasteiger partial charge in [-0.15, -0.1) is 0 Å². The minimum Gasteiger partial charge on any atom is -0.299 e. The molecule has 0 unspecified atom stereocenters. The Kier molecular flexibility index (Phi) is 2.62. The number of nitrogens with zero attached hydrogens (tertiary/aromatic N) is 1. The molecule has 0 radical (unpaired) electrons. The van der Waals surface area contributed by atoms with Crippen molar-refractivity contribution in [2.24, 2.45) is 0 Å². The van der Waals surface area contributed by atoms with Gasteiger partial charge in [0.15, 0.2) is 0 Å². The minimum absolute atomic E-state index is 0.0728. The zero-order valence-corrected chi connectivity index (χ0v) is 8.49. The average Bonchev–Trinajstić information content (AvgIpc) is 2.18. The SMILES string of the molecule is Cc1ccnc([C@@H]2CCCCC2=O)c1. The molecular formula is C12H15NO. The van der Waals surface area contributed by atoms with Crippen LogP contribution in [0.1, 0.15) is 42.9 Å². The summed E-state index contributed by atoms with van der Waals surface area (Å²) in [6.07, 6.45) is 5.73. The maximum atomic E-state index is 11.7. The number of carbonyl (C=O) groups excluding carboxylic acids is 1. The third-order valence-corrected chi connectivity index (χ3v) is 2.85. The van der Waals surface area contributed by atoms with Gasteiger partial charge >= 0.3 is 0 Å². The van der Waals surface area contributed by atoms with Crippen LogP contribution in [0.5, 0.6) is 0 Å². The van der Waals surface area contributed by atoms with Crippen LogP contribution in [0.25, 0.3) is 0 Å². The highest BCUT2D eigenvalue weighted by molar-refractivity contribution is 5.85. The number of hydrogen-bond acceptors (Lipinski definition) is 2. The molecule has 2 rings (SSSR count). The molecule has 1 saturated carbocycles. The highest BCUT2D eigenvalue weighted by Crippen LogP contribution is 2.28. The van der Waals surface area contributed by atoms with Gasteiger partial charge < -0.3 is 0 Å². The van der Waals surface area contributed by atoms with Crippen LogP contribution >= 0.6 is 0 Å². The van der Waals surface area contributed by atoms with Gasteiger partial charge in [-0.1, -0.05) is 6.42 Å². The van der Waals surface area contributed by atoms with E-state index in [1.54, 1.807) is 6.20 Å². The summed E-state index contributed by atoms with van der Waals surface area (Å²) < 4.78 is 0. The minimum atomic E-state index is 0.0728. The number of pyridine rings is 1. The van der Waals surface area contributed by atoms with E-state index in [1.807, 2.05) is 19.1 Å². The van der Waals surface area contributed by atoms with Crippen molar-refractivity contribution in [3.8, 4) is 0 Å². The van der Waals surface area contributed by atoms with Crippen LogP contribution in [0.15, 0.2) is 18.3 Å². The van der Waals surface area contributed by atoms with Gasteiger partial charge in [0, 0.05) is 12.6 Å².